The number of hydrogen-bond acceptors (Lipinski definition) is 7. The molecule has 0 bridgehead atoms. The molecule has 4 atom stereocenters. The highest BCUT2D eigenvalue weighted by Gasteiger charge is 2.69. The van der Waals surface area contributed by atoms with Crippen molar-refractivity contribution in [3.63, 3.8) is 0 Å². The zero-order valence-corrected chi connectivity index (χ0v) is 12.6. The van der Waals surface area contributed by atoms with Crippen molar-refractivity contribution in [2.45, 2.75) is 31.5 Å². The van der Waals surface area contributed by atoms with Crippen LogP contribution in [-0.2, 0) is 33.3 Å². The van der Waals surface area contributed by atoms with Crippen molar-refractivity contribution in [3.05, 3.63) is 0 Å². The minimum atomic E-state index is -1.88. The summed E-state index contributed by atoms with van der Waals surface area (Å²) in [5.41, 5.74) is -1.88. The summed E-state index contributed by atoms with van der Waals surface area (Å²) < 4.78 is 19.8. The maximum absolute atomic E-state index is 12.2. The predicted molar refractivity (Wildman–Crippen MR) is 69.0 cm³/mol. The maximum atomic E-state index is 12.2. The Balaban J connectivity index is 2.47. The highest BCUT2D eigenvalue weighted by Crippen LogP contribution is 2.53. The molecule has 118 valence electrons. The molecule has 21 heavy (non-hydrogen) atoms. The summed E-state index contributed by atoms with van der Waals surface area (Å²) in [5.74, 6) is -2.68. The minimum Gasteiger partial charge on any atom is -0.467 e. The Morgan fingerprint density at radius 2 is 1.57 bits per heavy atom. The van der Waals surface area contributed by atoms with E-state index in [1.807, 2.05) is 6.92 Å². The van der Waals surface area contributed by atoms with Crippen molar-refractivity contribution >= 4 is 17.9 Å². The van der Waals surface area contributed by atoms with Crippen molar-refractivity contribution in [2.75, 3.05) is 21.3 Å². The molecular formula is C14H20O7. The number of methoxy groups -OCH3 is 3. The van der Waals surface area contributed by atoms with Crippen LogP contribution in [0.1, 0.15) is 19.8 Å². The highest BCUT2D eigenvalue weighted by atomic mass is 16.6. The Morgan fingerprint density at radius 3 is 2.05 bits per heavy atom. The number of rotatable bonds is 3. The van der Waals surface area contributed by atoms with E-state index in [9.17, 15) is 14.4 Å². The summed E-state index contributed by atoms with van der Waals surface area (Å²) in [6.45, 7) is 2.01. The van der Waals surface area contributed by atoms with E-state index >= 15 is 0 Å². The zero-order chi connectivity index (χ0) is 15.8. The molecule has 0 aromatic rings. The molecule has 0 N–H and O–H groups in total. The molecule has 2 rings (SSSR count). The SMILES string of the molecule is COC(=O)[C@H]1OC(C(=O)OC)(C(=O)OC)[C@H]2CC(C)C[C@@H]12. The van der Waals surface area contributed by atoms with Crippen LogP contribution in [0.4, 0.5) is 0 Å². The molecule has 0 amide bonds. The molecule has 1 heterocycles. The molecule has 7 nitrogen and oxygen atoms in total. The van der Waals surface area contributed by atoms with Gasteiger partial charge in [0.1, 0.15) is 0 Å². The third-order valence-corrected chi connectivity index (χ3v) is 4.48. The number of carbonyl (C=O) groups excluding carboxylic acids is 3. The fourth-order valence-corrected chi connectivity index (χ4v) is 3.64. The van der Waals surface area contributed by atoms with Gasteiger partial charge in [0.05, 0.1) is 21.3 Å². The normalized spacial score (nSPS) is 33.1. The molecule has 7 heteroatoms. The molecular weight excluding hydrogens is 280 g/mol. The van der Waals surface area contributed by atoms with Crippen molar-refractivity contribution in [2.24, 2.45) is 17.8 Å². The molecule has 1 saturated heterocycles. The Kier molecular flexibility index (Phi) is 4.22. The zero-order valence-electron chi connectivity index (χ0n) is 12.6. The van der Waals surface area contributed by atoms with Crippen LogP contribution in [-0.4, -0.2) is 50.9 Å². The molecule has 1 aliphatic heterocycles. The first-order valence-corrected chi connectivity index (χ1v) is 6.84. The van der Waals surface area contributed by atoms with E-state index in [0.29, 0.717) is 12.8 Å². The van der Waals surface area contributed by atoms with E-state index in [1.165, 1.54) is 21.3 Å². The first kappa shape index (κ1) is 15.8. The molecule has 0 spiro atoms. The van der Waals surface area contributed by atoms with Gasteiger partial charge in [-0.2, -0.15) is 0 Å². The summed E-state index contributed by atoms with van der Waals surface area (Å²) in [6, 6.07) is 0. The molecule has 1 saturated carbocycles. The summed E-state index contributed by atoms with van der Waals surface area (Å²) in [5, 5.41) is 0. The second-order valence-corrected chi connectivity index (χ2v) is 5.63. The lowest BCUT2D eigenvalue weighted by molar-refractivity contribution is -0.193. The molecule has 2 aliphatic rings. The lowest BCUT2D eigenvalue weighted by atomic mass is 9.81. The average Bonchev–Trinajstić information content (AvgIpc) is 3.01. The first-order valence-electron chi connectivity index (χ1n) is 6.84. The topological polar surface area (TPSA) is 88.1 Å². The summed E-state index contributed by atoms with van der Waals surface area (Å²) in [6.07, 6.45) is 0.311. The Morgan fingerprint density at radius 1 is 1.00 bits per heavy atom. The largest absolute Gasteiger partial charge is 0.467 e. The highest BCUT2D eigenvalue weighted by molar-refractivity contribution is 6.05. The van der Waals surface area contributed by atoms with Crippen LogP contribution in [0.3, 0.4) is 0 Å². The van der Waals surface area contributed by atoms with E-state index < -0.39 is 35.5 Å². The van der Waals surface area contributed by atoms with Crippen LogP contribution < -0.4 is 0 Å². The van der Waals surface area contributed by atoms with Crippen molar-refractivity contribution in [1.29, 1.82) is 0 Å². The molecule has 0 aromatic heterocycles. The van der Waals surface area contributed by atoms with Crippen LogP contribution in [0.25, 0.3) is 0 Å². The number of hydrogen-bond donors (Lipinski definition) is 0. The van der Waals surface area contributed by atoms with Crippen molar-refractivity contribution in [1.82, 2.24) is 0 Å². The van der Waals surface area contributed by atoms with Gasteiger partial charge in [0.2, 0.25) is 0 Å². The van der Waals surface area contributed by atoms with Crippen LogP contribution in [0.5, 0.6) is 0 Å². The Bertz CT molecular complexity index is 442. The molecule has 0 radical (unpaired) electrons. The lowest BCUT2D eigenvalue weighted by Gasteiger charge is -2.28. The van der Waals surface area contributed by atoms with Crippen LogP contribution in [0.15, 0.2) is 0 Å². The number of carbonyl (C=O) groups is 3. The third kappa shape index (κ3) is 2.19. The van der Waals surface area contributed by atoms with Gasteiger partial charge < -0.3 is 18.9 Å². The van der Waals surface area contributed by atoms with Gasteiger partial charge in [0.25, 0.3) is 5.60 Å². The molecule has 2 fully saturated rings. The number of fused-ring (bicyclic) bond motifs is 1. The predicted octanol–water partition coefficient (Wildman–Crippen LogP) is 0.305. The van der Waals surface area contributed by atoms with E-state index in [1.54, 1.807) is 0 Å². The van der Waals surface area contributed by atoms with Gasteiger partial charge in [-0.15, -0.1) is 0 Å². The van der Waals surface area contributed by atoms with Gasteiger partial charge in [0.15, 0.2) is 6.10 Å². The quantitative estimate of drug-likeness (QED) is 0.421. The second kappa shape index (κ2) is 5.63. The Hall–Kier alpha value is -1.63. The molecule has 1 aliphatic carbocycles. The second-order valence-electron chi connectivity index (χ2n) is 5.63. The Labute approximate surface area is 122 Å². The van der Waals surface area contributed by atoms with Crippen LogP contribution >= 0.6 is 0 Å². The maximum Gasteiger partial charge on any atom is 0.350 e. The van der Waals surface area contributed by atoms with Gasteiger partial charge in [0, 0.05) is 11.8 Å². The van der Waals surface area contributed by atoms with E-state index in [-0.39, 0.29) is 11.8 Å². The minimum absolute atomic E-state index is 0.259. The van der Waals surface area contributed by atoms with E-state index in [0.717, 1.165) is 0 Å². The smallest absolute Gasteiger partial charge is 0.350 e. The lowest BCUT2D eigenvalue weighted by Crippen LogP contribution is -2.53. The summed E-state index contributed by atoms with van der Waals surface area (Å²) >= 11 is 0. The third-order valence-electron chi connectivity index (χ3n) is 4.48. The molecule has 1 unspecified atom stereocenters. The van der Waals surface area contributed by atoms with Gasteiger partial charge >= 0.3 is 17.9 Å². The number of ether oxygens (including phenoxy) is 4. The average molecular weight is 300 g/mol. The van der Waals surface area contributed by atoms with Gasteiger partial charge in [-0.25, -0.2) is 14.4 Å². The first-order chi connectivity index (χ1) is 9.92. The van der Waals surface area contributed by atoms with Crippen molar-refractivity contribution in [3.8, 4) is 0 Å². The fraction of sp³-hybridized carbons (Fsp3) is 0.786. The molecule has 0 aromatic carbocycles. The van der Waals surface area contributed by atoms with Crippen LogP contribution in [0.2, 0.25) is 0 Å². The standard InChI is InChI=1S/C14H20O7/c1-7-5-8-9(6-7)14(12(16)19-3,13(17)20-4)21-10(8)11(15)18-2/h7-10H,5-6H2,1-4H3/t7?,8-,9+,10+/m1/s1. The summed E-state index contributed by atoms with van der Waals surface area (Å²) in [4.78, 5) is 36.4. The monoisotopic (exact) mass is 300 g/mol. The fourth-order valence-electron chi connectivity index (χ4n) is 3.64. The van der Waals surface area contributed by atoms with E-state index in [4.69, 9.17) is 18.9 Å². The van der Waals surface area contributed by atoms with Crippen molar-refractivity contribution < 1.29 is 33.3 Å². The van der Waals surface area contributed by atoms with Crippen LogP contribution in [0, 0.1) is 17.8 Å². The number of esters is 3. The van der Waals surface area contributed by atoms with E-state index in [2.05, 4.69) is 0 Å². The van der Waals surface area contributed by atoms with Gasteiger partial charge in [-0.05, 0) is 18.8 Å². The summed E-state index contributed by atoms with van der Waals surface area (Å²) in [7, 11) is 3.60. The van der Waals surface area contributed by atoms with Gasteiger partial charge in [-0.3, -0.25) is 0 Å². The van der Waals surface area contributed by atoms with Gasteiger partial charge in [-0.1, -0.05) is 6.92 Å².